The Labute approximate surface area is 117 Å². The summed E-state index contributed by atoms with van der Waals surface area (Å²) in [6.45, 7) is 3.99. The highest BCUT2D eigenvalue weighted by Crippen LogP contribution is 2.18. The van der Waals surface area contributed by atoms with Crippen molar-refractivity contribution in [3.63, 3.8) is 0 Å². The number of carbonyl (C=O) groups excluding carboxylic acids is 1. The van der Waals surface area contributed by atoms with Crippen LogP contribution in [0, 0.1) is 0 Å². The van der Waals surface area contributed by atoms with Gasteiger partial charge in [-0.25, -0.2) is 0 Å². The van der Waals surface area contributed by atoms with E-state index in [1.165, 1.54) is 0 Å². The molecule has 5 heteroatoms. The summed E-state index contributed by atoms with van der Waals surface area (Å²) in [7, 11) is 0. The second kappa shape index (κ2) is 5.17. The number of amides is 1. The summed E-state index contributed by atoms with van der Waals surface area (Å²) in [6, 6.07) is 5.43. The smallest absolute Gasteiger partial charge is 0.251 e. The highest BCUT2D eigenvalue weighted by atomic mass is 16.1. The molecule has 5 nitrogen and oxygen atoms in total. The Balaban J connectivity index is 1.81. The van der Waals surface area contributed by atoms with E-state index < -0.39 is 0 Å². The van der Waals surface area contributed by atoms with Crippen molar-refractivity contribution in [1.29, 1.82) is 0 Å². The summed E-state index contributed by atoms with van der Waals surface area (Å²) in [5, 5.41) is 6.46. The first-order valence-corrected chi connectivity index (χ1v) is 6.90. The van der Waals surface area contributed by atoms with E-state index in [4.69, 9.17) is 0 Å². The molecule has 0 unspecified atom stereocenters. The van der Waals surface area contributed by atoms with Gasteiger partial charge in [0.15, 0.2) is 0 Å². The maximum absolute atomic E-state index is 12.4. The number of benzene rings is 1. The second-order valence-electron chi connectivity index (χ2n) is 5.52. The van der Waals surface area contributed by atoms with Crippen LogP contribution in [-0.4, -0.2) is 34.5 Å². The highest BCUT2D eigenvalue weighted by molar-refractivity contribution is 5.97. The Kier molecular flexibility index (Phi) is 3.36. The van der Waals surface area contributed by atoms with Gasteiger partial charge in [0.2, 0.25) is 0 Å². The van der Waals surface area contributed by atoms with Crippen LogP contribution in [0.3, 0.4) is 0 Å². The van der Waals surface area contributed by atoms with E-state index in [2.05, 4.69) is 27.5 Å². The maximum atomic E-state index is 12.4. The summed E-state index contributed by atoms with van der Waals surface area (Å²) in [5.41, 5.74) is 2.06. The normalized spacial score (nSPS) is 17.9. The van der Waals surface area contributed by atoms with Crippen molar-refractivity contribution in [3.8, 4) is 0 Å². The first kappa shape index (κ1) is 13.0. The lowest BCUT2D eigenvalue weighted by atomic mass is 9.90. The third-order valence-electron chi connectivity index (χ3n) is 3.85. The number of fused-ring (bicyclic) bond motifs is 1. The number of nitrogens with one attached hydrogen (secondary N) is 2. The molecule has 1 aromatic heterocycles. The van der Waals surface area contributed by atoms with E-state index >= 15 is 0 Å². The number of hydrogen-bond acceptors (Lipinski definition) is 4. The van der Waals surface area contributed by atoms with Gasteiger partial charge in [-0.1, -0.05) is 0 Å². The number of rotatable bonds is 2. The molecule has 0 spiro atoms. The van der Waals surface area contributed by atoms with Crippen molar-refractivity contribution < 1.29 is 4.79 Å². The zero-order valence-corrected chi connectivity index (χ0v) is 11.5. The zero-order chi connectivity index (χ0) is 14.0. The lowest BCUT2D eigenvalue weighted by Crippen LogP contribution is -2.52. The fraction of sp³-hybridized carbons (Fsp3) is 0.400. The van der Waals surface area contributed by atoms with Crippen LogP contribution in [-0.2, 0) is 0 Å². The fourth-order valence-corrected chi connectivity index (χ4v) is 2.55. The molecular weight excluding hydrogens is 252 g/mol. The minimum Gasteiger partial charge on any atom is -0.347 e. The second-order valence-corrected chi connectivity index (χ2v) is 5.52. The molecule has 1 amide bonds. The summed E-state index contributed by atoms with van der Waals surface area (Å²) in [6.07, 6.45) is 5.19. The van der Waals surface area contributed by atoms with E-state index in [1.54, 1.807) is 24.5 Å². The standard InChI is InChI=1S/C15H18N4O/c1-15(4-6-16-7-5-15)19-14(20)11-2-3-12-13(10-11)18-9-8-17-12/h2-3,8-10,16H,4-7H2,1H3,(H,19,20). The Hall–Kier alpha value is -2.01. The maximum Gasteiger partial charge on any atom is 0.251 e. The first-order valence-electron chi connectivity index (χ1n) is 6.90. The molecule has 0 atom stereocenters. The van der Waals surface area contributed by atoms with Gasteiger partial charge in [-0.15, -0.1) is 0 Å². The van der Waals surface area contributed by atoms with Gasteiger partial charge in [0.1, 0.15) is 0 Å². The molecule has 104 valence electrons. The van der Waals surface area contributed by atoms with Crippen LogP contribution in [0.1, 0.15) is 30.1 Å². The van der Waals surface area contributed by atoms with Crippen LogP contribution in [0.4, 0.5) is 0 Å². The molecule has 3 rings (SSSR count). The largest absolute Gasteiger partial charge is 0.347 e. The molecule has 2 N–H and O–H groups in total. The van der Waals surface area contributed by atoms with Gasteiger partial charge in [-0.2, -0.15) is 0 Å². The van der Waals surface area contributed by atoms with Crippen LogP contribution < -0.4 is 10.6 Å². The molecule has 0 bridgehead atoms. The van der Waals surface area contributed by atoms with Gasteiger partial charge in [0.05, 0.1) is 11.0 Å². The molecule has 2 aromatic rings. The van der Waals surface area contributed by atoms with Crippen molar-refractivity contribution in [2.24, 2.45) is 0 Å². The number of carbonyl (C=O) groups is 1. The van der Waals surface area contributed by atoms with E-state index in [-0.39, 0.29) is 11.4 Å². The van der Waals surface area contributed by atoms with Crippen molar-refractivity contribution >= 4 is 16.9 Å². The predicted molar refractivity (Wildman–Crippen MR) is 77.5 cm³/mol. The molecule has 2 heterocycles. The van der Waals surface area contributed by atoms with E-state index in [0.29, 0.717) is 5.56 Å². The van der Waals surface area contributed by atoms with Crippen LogP contribution in [0.15, 0.2) is 30.6 Å². The highest BCUT2D eigenvalue weighted by Gasteiger charge is 2.28. The minimum atomic E-state index is -0.125. The molecule has 1 aliphatic heterocycles. The molecule has 0 aliphatic carbocycles. The van der Waals surface area contributed by atoms with Crippen LogP contribution in [0.5, 0.6) is 0 Å². The summed E-state index contributed by atoms with van der Waals surface area (Å²) in [4.78, 5) is 20.8. The molecule has 1 aromatic carbocycles. The van der Waals surface area contributed by atoms with E-state index in [1.807, 2.05) is 6.07 Å². The fourth-order valence-electron chi connectivity index (χ4n) is 2.55. The van der Waals surface area contributed by atoms with Gasteiger partial charge >= 0.3 is 0 Å². The van der Waals surface area contributed by atoms with Crippen molar-refractivity contribution in [3.05, 3.63) is 36.2 Å². The number of piperidine rings is 1. The molecule has 1 saturated heterocycles. The number of hydrogen-bond donors (Lipinski definition) is 2. The average Bonchev–Trinajstić information content (AvgIpc) is 2.47. The van der Waals surface area contributed by atoms with Gasteiger partial charge < -0.3 is 10.6 Å². The van der Waals surface area contributed by atoms with Crippen molar-refractivity contribution in [2.75, 3.05) is 13.1 Å². The quantitative estimate of drug-likeness (QED) is 0.868. The zero-order valence-electron chi connectivity index (χ0n) is 11.5. The molecule has 1 fully saturated rings. The van der Waals surface area contributed by atoms with Gasteiger partial charge in [-0.3, -0.25) is 14.8 Å². The number of aromatic nitrogens is 2. The summed E-state index contributed by atoms with van der Waals surface area (Å²) in [5.74, 6) is -0.0399. The predicted octanol–water partition coefficient (Wildman–Crippen LogP) is 1.50. The Morgan fingerprint density at radius 2 is 1.90 bits per heavy atom. The van der Waals surface area contributed by atoms with Crippen molar-refractivity contribution in [1.82, 2.24) is 20.6 Å². The first-order chi connectivity index (χ1) is 9.66. The van der Waals surface area contributed by atoms with Gasteiger partial charge in [0.25, 0.3) is 5.91 Å². The lowest BCUT2D eigenvalue weighted by molar-refractivity contribution is 0.0887. The van der Waals surface area contributed by atoms with Crippen LogP contribution >= 0.6 is 0 Å². The average molecular weight is 270 g/mol. The summed E-state index contributed by atoms with van der Waals surface area (Å²) >= 11 is 0. The van der Waals surface area contributed by atoms with E-state index in [0.717, 1.165) is 37.0 Å². The number of nitrogens with zero attached hydrogens (tertiary/aromatic N) is 2. The molecule has 0 saturated carbocycles. The van der Waals surface area contributed by atoms with Crippen LogP contribution in [0.2, 0.25) is 0 Å². The summed E-state index contributed by atoms with van der Waals surface area (Å²) < 4.78 is 0. The minimum absolute atomic E-state index is 0.0399. The third kappa shape index (κ3) is 2.63. The van der Waals surface area contributed by atoms with Gasteiger partial charge in [-0.05, 0) is 51.1 Å². The Bertz CT molecular complexity index is 635. The lowest BCUT2D eigenvalue weighted by Gasteiger charge is -2.35. The van der Waals surface area contributed by atoms with Crippen molar-refractivity contribution in [2.45, 2.75) is 25.3 Å². The molecule has 0 radical (unpaired) electrons. The van der Waals surface area contributed by atoms with E-state index in [9.17, 15) is 4.79 Å². The van der Waals surface area contributed by atoms with Gasteiger partial charge in [0, 0.05) is 23.5 Å². The van der Waals surface area contributed by atoms with Crippen LogP contribution in [0.25, 0.3) is 11.0 Å². The monoisotopic (exact) mass is 270 g/mol. The third-order valence-corrected chi connectivity index (χ3v) is 3.85. The SMILES string of the molecule is CC1(NC(=O)c2ccc3nccnc3c2)CCNCC1. The Morgan fingerprint density at radius 3 is 2.65 bits per heavy atom. The topological polar surface area (TPSA) is 66.9 Å². The Morgan fingerprint density at radius 1 is 1.20 bits per heavy atom. The molecular formula is C15H18N4O. The molecule has 20 heavy (non-hydrogen) atoms. The molecule has 1 aliphatic rings.